The number of carbonyl (C=O) groups is 1. The fourth-order valence-corrected chi connectivity index (χ4v) is 4.45. The number of rotatable bonds is 5. The van der Waals surface area contributed by atoms with E-state index in [-0.39, 0.29) is 11.3 Å². The summed E-state index contributed by atoms with van der Waals surface area (Å²) in [6.07, 6.45) is 2.63. The molecule has 5 aromatic rings. The molecular formula is C26H21N5O5. The van der Waals surface area contributed by atoms with Crippen molar-refractivity contribution in [2.45, 2.75) is 13.0 Å². The number of nitrogens with zero attached hydrogens (tertiary/aromatic N) is 3. The topological polar surface area (TPSA) is 132 Å². The van der Waals surface area contributed by atoms with Crippen LogP contribution >= 0.6 is 0 Å². The van der Waals surface area contributed by atoms with Crippen LogP contribution in [0, 0.1) is 0 Å². The maximum absolute atomic E-state index is 12.8. The van der Waals surface area contributed by atoms with Crippen molar-refractivity contribution in [1.82, 2.24) is 20.3 Å². The molecule has 2 N–H and O–H groups in total. The Morgan fingerprint density at radius 3 is 2.86 bits per heavy atom. The number of Topliss-reactive ketones (excluding diaryl/α,β-unsaturated/α-hetero) is 1. The minimum absolute atomic E-state index is 0.0250. The predicted molar refractivity (Wildman–Crippen MR) is 132 cm³/mol. The van der Waals surface area contributed by atoms with E-state index in [1.54, 1.807) is 18.3 Å². The van der Waals surface area contributed by atoms with E-state index in [0.717, 1.165) is 11.1 Å². The van der Waals surface area contributed by atoms with Gasteiger partial charge in [-0.05, 0) is 43.3 Å². The highest BCUT2D eigenvalue weighted by Crippen LogP contribution is 2.32. The number of fused-ring (bicyclic) bond motifs is 2. The highest BCUT2D eigenvalue weighted by atomic mass is 16.5. The van der Waals surface area contributed by atoms with Gasteiger partial charge in [-0.15, -0.1) is 0 Å². The number of anilines is 2. The molecule has 0 bridgehead atoms. The Hall–Kier alpha value is -4.41. The molecule has 1 aliphatic rings. The number of carbonyl (C=O) groups excluding carboxylic acids is 1. The van der Waals surface area contributed by atoms with Crippen molar-refractivity contribution in [2.75, 3.05) is 25.0 Å². The lowest BCUT2D eigenvalue weighted by molar-refractivity contribution is 0.0277. The van der Waals surface area contributed by atoms with Gasteiger partial charge >= 0.3 is 5.63 Å². The van der Waals surface area contributed by atoms with Crippen molar-refractivity contribution in [3.8, 4) is 11.3 Å². The number of nitrogens with one attached hydrogen (secondary N) is 2. The third-order valence-corrected chi connectivity index (χ3v) is 6.09. The van der Waals surface area contributed by atoms with E-state index in [1.807, 2.05) is 30.3 Å². The molecule has 1 atom stereocenters. The third-order valence-electron chi connectivity index (χ3n) is 6.09. The van der Waals surface area contributed by atoms with E-state index < -0.39 is 11.7 Å². The lowest BCUT2D eigenvalue weighted by Gasteiger charge is -2.26. The molecule has 0 aliphatic carbocycles. The summed E-state index contributed by atoms with van der Waals surface area (Å²) in [5.74, 6) is 0.0147. The van der Waals surface area contributed by atoms with Gasteiger partial charge in [-0.3, -0.25) is 4.79 Å². The quantitative estimate of drug-likeness (QED) is 0.279. The molecular weight excluding hydrogens is 462 g/mol. The van der Waals surface area contributed by atoms with E-state index in [1.165, 1.54) is 13.3 Å². The third kappa shape index (κ3) is 4.02. The first-order chi connectivity index (χ1) is 17.6. The average molecular weight is 483 g/mol. The smallest absolute Gasteiger partial charge is 0.347 e. The molecule has 10 heteroatoms. The Balaban J connectivity index is 1.36. The van der Waals surface area contributed by atoms with Crippen LogP contribution in [-0.2, 0) is 4.74 Å². The first kappa shape index (κ1) is 22.1. The van der Waals surface area contributed by atoms with Crippen LogP contribution in [0.15, 0.2) is 68.7 Å². The number of benzene rings is 2. The lowest BCUT2D eigenvalue weighted by atomic mass is 9.96. The Morgan fingerprint density at radius 1 is 1.11 bits per heavy atom. The number of morpholine rings is 1. The van der Waals surface area contributed by atoms with Gasteiger partial charge < -0.3 is 24.2 Å². The van der Waals surface area contributed by atoms with Crippen molar-refractivity contribution in [2.24, 2.45) is 0 Å². The van der Waals surface area contributed by atoms with Crippen LogP contribution in [-0.4, -0.2) is 40.4 Å². The zero-order chi connectivity index (χ0) is 24.6. The zero-order valence-electron chi connectivity index (χ0n) is 19.3. The summed E-state index contributed by atoms with van der Waals surface area (Å²) in [5, 5.41) is 7.06. The van der Waals surface area contributed by atoms with Crippen molar-refractivity contribution in [3.05, 3.63) is 76.6 Å². The monoisotopic (exact) mass is 483 g/mol. The fraction of sp³-hybridized carbons (Fsp3) is 0.192. The molecule has 10 nitrogen and oxygen atoms in total. The summed E-state index contributed by atoms with van der Waals surface area (Å²) in [6, 6.07) is 12.8. The normalized spacial score (nSPS) is 15.9. The minimum atomic E-state index is -0.683. The first-order valence-corrected chi connectivity index (χ1v) is 11.4. The molecule has 0 saturated carbocycles. The summed E-state index contributed by atoms with van der Waals surface area (Å²) in [7, 11) is 0. The van der Waals surface area contributed by atoms with Gasteiger partial charge in [0.15, 0.2) is 17.8 Å². The SMILES string of the molecule is CC(=O)c1c(C2CNCCO2)c2ccc(Nc3nccc(-c4ccc5ocnc5c4)n3)cc2oc1=O. The Bertz CT molecular complexity index is 1670. The standard InChI is InChI=1S/C26H21N5O5/c1-14(32)23-24(22-12-27-8-9-34-22)17-4-3-16(11-21(17)36-25(23)33)30-26-28-7-6-18(31-26)15-2-5-20-19(10-15)29-13-35-20/h2-7,10-11,13,22,27H,8-9,12H2,1H3,(H,28,30,31). The number of aromatic nitrogens is 3. The van der Waals surface area contributed by atoms with Gasteiger partial charge in [0.25, 0.3) is 0 Å². The summed E-state index contributed by atoms with van der Waals surface area (Å²) >= 11 is 0. The summed E-state index contributed by atoms with van der Waals surface area (Å²) in [4.78, 5) is 38.2. The van der Waals surface area contributed by atoms with E-state index in [4.69, 9.17) is 13.6 Å². The van der Waals surface area contributed by atoms with Gasteiger partial charge in [-0.1, -0.05) is 0 Å². The molecule has 0 radical (unpaired) electrons. The predicted octanol–water partition coefficient (Wildman–Crippen LogP) is 4.00. The number of oxazole rings is 1. The highest BCUT2D eigenvalue weighted by molar-refractivity contribution is 6.00. The average Bonchev–Trinajstić information content (AvgIpc) is 3.36. The molecule has 180 valence electrons. The van der Waals surface area contributed by atoms with Gasteiger partial charge in [0.05, 0.1) is 18.4 Å². The maximum Gasteiger partial charge on any atom is 0.347 e. The molecule has 0 spiro atoms. The van der Waals surface area contributed by atoms with E-state index >= 15 is 0 Å². The van der Waals surface area contributed by atoms with E-state index in [0.29, 0.717) is 59.1 Å². The molecule has 4 heterocycles. The summed E-state index contributed by atoms with van der Waals surface area (Å²) < 4.78 is 16.7. The second-order valence-electron chi connectivity index (χ2n) is 8.43. The van der Waals surface area contributed by atoms with Crippen molar-refractivity contribution < 1.29 is 18.4 Å². The van der Waals surface area contributed by atoms with Gasteiger partial charge in [-0.25, -0.2) is 19.7 Å². The minimum Gasteiger partial charge on any atom is -0.443 e. The van der Waals surface area contributed by atoms with Crippen molar-refractivity contribution in [3.63, 3.8) is 0 Å². The zero-order valence-corrected chi connectivity index (χ0v) is 19.3. The molecule has 3 aromatic heterocycles. The van der Waals surface area contributed by atoms with Crippen LogP contribution in [0.25, 0.3) is 33.3 Å². The number of hydrogen-bond donors (Lipinski definition) is 2. The van der Waals surface area contributed by atoms with Crippen LogP contribution in [0.3, 0.4) is 0 Å². The number of hydrogen-bond acceptors (Lipinski definition) is 10. The molecule has 1 fully saturated rings. The molecule has 36 heavy (non-hydrogen) atoms. The Labute approximate surface area is 204 Å². The van der Waals surface area contributed by atoms with Crippen molar-refractivity contribution >= 4 is 39.5 Å². The Morgan fingerprint density at radius 2 is 2.03 bits per heavy atom. The number of ether oxygens (including phenoxy) is 1. The van der Waals surface area contributed by atoms with E-state index in [2.05, 4.69) is 25.6 Å². The molecule has 2 aromatic carbocycles. The van der Waals surface area contributed by atoms with Gasteiger partial charge in [0.2, 0.25) is 5.95 Å². The first-order valence-electron chi connectivity index (χ1n) is 11.4. The largest absolute Gasteiger partial charge is 0.443 e. The van der Waals surface area contributed by atoms with Gasteiger partial charge in [-0.2, -0.15) is 0 Å². The molecule has 6 rings (SSSR count). The lowest BCUT2D eigenvalue weighted by Crippen LogP contribution is -2.35. The fourth-order valence-electron chi connectivity index (χ4n) is 4.45. The molecule has 0 amide bonds. The van der Waals surface area contributed by atoms with E-state index in [9.17, 15) is 9.59 Å². The molecule has 1 unspecified atom stereocenters. The van der Waals surface area contributed by atoms with Gasteiger partial charge in [0.1, 0.15) is 16.7 Å². The van der Waals surface area contributed by atoms with Crippen LogP contribution < -0.4 is 16.3 Å². The van der Waals surface area contributed by atoms with Crippen LogP contribution in [0.4, 0.5) is 11.6 Å². The summed E-state index contributed by atoms with van der Waals surface area (Å²) in [5.41, 5.74) is 3.87. The van der Waals surface area contributed by atoms with Crippen molar-refractivity contribution in [1.29, 1.82) is 0 Å². The second-order valence-corrected chi connectivity index (χ2v) is 8.43. The number of ketones is 1. The van der Waals surface area contributed by atoms with Crippen LogP contribution in [0.5, 0.6) is 0 Å². The van der Waals surface area contributed by atoms with Crippen LogP contribution in [0.2, 0.25) is 0 Å². The highest BCUT2D eigenvalue weighted by Gasteiger charge is 2.27. The maximum atomic E-state index is 12.8. The Kier molecular flexibility index (Phi) is 5.51. The summed E-state index contributed by atoms with van der Waals surface area (Å²) in [6.45, 7) is 3.06. The second kappa shape index (κ2) is 8.99. The van der Waals surface area contributed by atoms with Gasteiger partial charge in [0, 0.05) is 47.6 Å². The molecule has 1 aliphatic heterocycles. The molecule has 1 saturated heterocycles. The van der Waals surface area contributed by atoms with Crippen LogP contribution in [0.1, 0.15) is 28.9 Å².